The van der Waals surface area contributed by atoms with Gasteiger partial charge >= 0.3 is 0 Å². The molecule has 0 aliphatic carbocycles. The first kappa shape index (κ1) is 17.3. The van der Waals surface area contributed by atoms with Gasteiger partial charge in [-0.25, -0.2) is 0 Å². The van der Waals surface area contributed by atoms with Crippen LogP contribution in [0.5, 0.6) is 0 Å². The summed E-state index contributed by atoms with van der Waals surface area (Å²) in [6, 6.07) is 27.9. The van der Waals surface area contributed by atoms with Crippen LogP contribution in [0.2, 0.25) is 5.02 Å². The SMILES string of the molecule is Clc1ccccc1C(c1ccc(-c2ccccc2)cc1)N1CCNCC1. The number of nitrogens with one attached hydrogen (secondary N) is 1. The Morgan fingerprint density at radius 1 is 0.731 bits per heavy atom. The molecule has 1 N–H and O–H groups in total. The summed E-state index contributed by atoms with van der Waals surface area (Å²) in [4.78, 5) is 2.52. The van der Waals surface area contributed by atoms with Crippen molar-refractivity contribution < 1.29 is 0 Å². The average molecular weight is 363 g/mol. The summed E-state index contributed by atoms with van der Waals surface area (Å²) in [6.45, 7) is 4.08. The molecule has 0 bridgehead atoms. The first-order valence-electron chi connectivity index (χ1n) is 9.17. The lowest BCUT2D eigenvalue weighted by Crippen LogP contribution is -2.45. The Balaban J connectivity index is 1.71. The van der Waals surface area contributed by atoms with Crippen LogP contribution in [0.3, 0.4) is 0 Å². The molecule has 3 aromatic rings. The highest BCUT2D eigenvalue weighted by molar-refractivity contribution is 6.31. The Morgan fingerprint density at radius 3 is 2.04 bits per heavy atom. The van der Waals surface area contributed by atoms with Crippen molar-refractivity contribution in [3.63, 3.8) is 0 Å². The summed E-state index contributed by atoms with van der Waals surface area (Å²) in [5.74, 6) is 0. The predicted octanol–water partition coefficient (Wildman–Crippen LogP) is 5.00. The molecule has 2 nitrogen and oxygen atoms in total. The van der Waals surface area contributed by atoms with E-state index in [0.29, 0.717) is 0 Å². The molecule has 0 spiro atoms. The number of rotatable bonds is 4. The van der Waals surface area contributed by atoms with Gasteiger partial charge in [-0.05, 0) is 28.3 Å². The standard InChI is InChI=1S/C23H23ClN2/c24-22-9-5-4-8-21(22)23(26-16-14-25-15-17-26)20-12-10-19(11-13-20)18-6-2-1-3-7-18/h1-13,23,25H,14-17H2. The number of hydrogen-bond donors (Lipinski definition) is 1. The first-order valence-corrected chi connectivity index (χ1v) is 9.55. The zero-order valence-electron chi connectivity index (χ0n) is 14.7. The highest BCUT2D eigenvalue weighted by Crippen LogP contribution is 2.34. The van der Waals surface area contributed by atoms with Crippen molar-refractivity contribution in [1.29, 1.82) is 0 Å². The number of hydrogen-bond acceptors (Lipinski definition) is 2. The van der Waals surface area contributed by atoms with Gasteiger partial charge in [0.25, 0.3) is 0 Å². The Hall–Kier alpha value is -2.13. The molecule has 0 saturated carbocycles. The van der Waals surface area contributed by atoms with Crippen molar-refractivity contribution in [3.8, 4) is 11.1 Å². The van der Waals surface area contributed by atoms with Gasteiger partial charge in [-0.15, -0.1) is 0 Å². The lowest BCUT2D eigenvalue weighted by Gasteiger charge is -2.36. The highest BCUT2D eigenvalue weighted by atomic mass is 35.5. The van der Waals surface area contributed by atoms with E-state index in [4.69, 9.17) is 11.6 Å². The molecule has 0 radical (unpaired) electrons. The second kappa shape index (κ2) is 8.05. The number of halogens is 1. The third-order valence-electron chi connectivity index (χ3n) is 5.05. The second-order valence-electron chi connectivity index (χ2n) is 6.70. The van der Waals surface area contributed by atoms with Crippen molar-refractivity contribution in [2.45, 2.75) is 6.04 Å². The minimum absolute atomic E-state index is 0.190. The van der Waals surface area contributed by atoms with Gasteiger partial charge in [0.2, 0.25) is 0 Å². The molecule has 0 amide bonds. The lowest BCUT2D eigenvalue weighted by molar-refractivity contribution is 0.198. The van der Waals surface area contributed by atoms with Crippen molar-refractivity contribution >= 4 is 11.6 Å². The topological polar surface area (TPSA) is 15.3 Å². The largest absolute Gasteiger partial charge is 0.314 e. The van der Waals surface area contributed by atoms with Gasteiger partial charge in [-0.2, -0.15) is 0 Å². The van der Waals surface area contributed by atoms with Gasteiger partial charge < -0.3 is 5.32 Å². The third kappa shape index (κ3) is 3.68. The van der Waals surface area contributed by atoms with Crippen LogP contribution >= 0.6 is 11.6 Å². The molecule has 0 aromatic heterocycles. The molecule has 1 unspecified atom stereocenters. The van der Waals surface area contributed by atoms with E-state index in [1.807, 2.05) is 12.1 Å². The maximum atomic E-state index is 6.57. The molecule has 1 atom stereocenters. The van der Waals surface area contributed by atoms with E-state index in [1.165, 1.54) is 22.3 Å². The maximum Gasteiger partial charge on any atom is 0.0617 e. The minimum Gasteiger partial charge on any atom is -0.314 e. The molecule has 132 valence electrons. The Morgan fingerprint density at radius 2 is 1.35 bits per heavy atom. The van der Waals surface area contributed by atoms with E-state index in [2.05, 4.69) is 76.9 Å². The van der Waals surface area contributed by atoms with Crippen LogP contribution in [0.1, 0.15) is 17.2 Å². The van der Waals surface area contributed by atoms with E-state index >= 15 is 0 Å². The summed E-state index contributed by atoms with van der Waals surface area (Å²) in [5.41, 5.74) is 4.96. The van der Waals surface area contributed by atoms with Gasteiger partial charge in [0.1, 0.15) is 0 Å². The summed E-state index contributed by atoms with van der Waals surface area (Å²) in [5, 5.41) is 4.28. The van der Waals surface area contributed by atoms with Crippen LogP contribution < -0.4 is 5.32 Å². The number of nitrogens with zero attached hydrogens (tertiary/aromatic N) is 1. The first-order chi connectivity index (χ1) is 12.8. The molecule has 1 heterocycles. The summed E-state index contributed by atoms with van der Waals surface area (Å²) in [7, 11) is 0. The van der Waals surface area contributed by atoms with Gasteiger partial charge in [0.15, 0.2) is 0 Å². The average Bonchev–Trinajstić information content (AvgIpc) is 2.72. The molecule has 1 saturated heterocycles. The van der Waals surface area contributed by atoms with E-state index in [9.17, 15) is 0 Å². The fraction of sp³-hybridized carbons (Fsp3) is 0.217. The van der Waals surface area contributed by atoms with Crippen LogP contribution in [0.25, 0.3) is 11.1 Å². The van der Waals surface area contributed by atoms with Gasteiger partial charge in [-0.3, -0.25) is 4.90 Å². The molecule has 4 rings (SSSR count). The van der Waals surface area contributed by atoms with Gasteiger partial charge in [-0.1, -0.05) is 84.4 Å². The molecular formula is C23H23ClN2. The highest BCUT2D eigenvalue weighted by Gasteiger charge is 2.25. The summed E-state index contributed by atoms with van der Waals surface area (Å²) < 4.78 is 0. The van der Waals surface area contributed by atoms with Crippen molar-refractivity contribution in [3.05, 3.63) is 95.0 Å². The number of piperazine rings is 1. The van der Waals surface area contributed by atoms with Crippen molar-refractivity contribution in [2.75, 3.05) is 26.2 Å². The fourth-order valence-corrected chi connectivity index (χ4v) is 3.95. The second-order valence-corrected chi connectivity index (χ2v) is 7.11. The molecular weight excluding hydrogens is 340 g/mol. The Kier molecular flexibility index (Phi) is 5.35. The summed E-state index contributed by atoms with van der Waals surface area (Å²) in [6.07, 6.45) is 0. The van der Waals surface area contributed by atoms with Crippen LogP contribution in [-0.4, -0.2) is 31.1 Å². The van der Waals surface area contributed by atoms with Crippen LogP contribution in [-0.2, 0) is 0 Å². The molecule has 26 heavy (non-hydrogen) atoms. The monoisotopic (exact) mass is 362 g/mol. The van der Waals surface area contributed by atoms with E-state index in [0.717, 1.165) is 31.2 Å². The van der Waals surface area contributed by atoms with E-state index in [1.54, 1.807) is 0 Å². The van der Waals surface area contributed by atoms with Crippen LogP contribution in [0, 0.1) is 0 Å². The maximum absolute atomic E-state index is 6.57. The van der Waals surface area contributed by atoms with E-state index < -0.39 is 0 Å². The predicted molar refractivity (Wildman–Crippen MR) is 110 cm³/mol. The van der Waals surface area contributed by atoms with Gasteiger partial charge in [0, 0.05) is 31.2 Å². The normalized spacial score (nSPS) is 16.3. The smallest absolute Gasteiger partial charge is 0.0617 e. The van der Waals surface area contributed by atoms with Crippen molar-refractivity contribution in [2.24, 2.45) is 0 Å². The molecule has 1 aliphatic rings. The van der Waals surface area contributed by atoms with Crippen LogP contribution in [0.15, 0.2) is 78.9 Å². The Labute approximate surface area is 160 Å². The summed E-state index contributed by atoms with van der Waals surface area (Å²) >= 11 is 6.57. The minimum atomic E-state index is 0.190. The number of benzene rings is 3. The van der Waals surface area contributed by atoms with Gasteiger partial charge in [0.05, 0.1) is 6.04 Å². The molecule has 3 heteroatoms. The molecule has 1 fully saturated rings. The molecule has 1 aliphatic heterocycles. The lowest BCUT2D eigenvalue weighted by atomic mass is 9.94. The molecule has 3 aromatic carbocycles. The van der Waals surface area contributed by atoms with Crippen molar-refractivity contribution in [1.82, 2.24) is 10.2 Å². The zero-order valence-corrected chi connectivity index (χ0v) is 15.5. The Bertz CT molecular complexity index is 840. The third-order valence-corrected chi connectivity index (χ3v) is 5.39. The zero-order chi connectivity index (χ0) is 17.8. The quantitative estimate of drug-likeness (QED) is 0.702. The van der Waals surface area contributed by atoms with Crippen LogP contribution in [0.4, 0.5) is 0 Å². The van der Waals surface area contributed by atoms with E-state index in [-0.39, 0.29) is 6.04 Å². The fourth-order valence-electron chi connectivity index (χ4n) is 3.71.